The van der Waals surface area contributed by atoms with Gasteiger partial charge < -0.3 is 0 Å². The van der Waals surface area contributed by atoms with Gasteiger partial charge in [-0.1, -0.05) is 12.8 Å². The predicted octanol–water partition coefficient (Wildman–Crippen LogP) is 5.66. The lowest BCUT2D eigenvalue weighted by atomic mass is 9.49. The van der Waals surface area contributed by atoms with Gasteiger partial charge in [0.05, 0.1) is 0 Å². The first-order chi connectivity index (χ1) is 11.5. The normalized spacial score (nSPS) is 50.0. The van der Waals surface area contributed by atoms with Crippen LogP contribution in [-0.4, -0.2) is 5.78 Å². The molecule has 1 nitrogen and oxygen atoms in total. The quantitative estimate of drug-likeness (QED) is 0.560. The van der Waals surface area contributed by atoms with E-state index in [0.29, 0.717) is 23.0 Å². The molecule has 0 saturated heterocycles. The first-order valence-electron chi connectivity index (χ1n) is 10.2. The minimum Gasteiger partial charge on any atom is -0.300 e. The van der Waals surface area contributed by atoms with Gasteiger partial charge in [0.25, 0.3) is 0 Å². The minimum absolute atomic E-state index is 0.307. The number of halogens is 1. The summed E-state index contributed by atoms with van der Waals surface area (Å²) in [5.41, 5.74) is 0.307. The molecule has 2 heteroatoms. The van der Waals surface area contributed by atoms with Crippen LogP contribution in [0.5, 0.6) is 0 Å². The van der Waals surface area contributed by atoms with E-state index in [1.54, 1.807) is 0 Å². The van der Waals surface area contributed by atoms with Crippen LogP contribution >= 0.6 is 11.6 Å². The molecule has 4 saturated carbocycles. The van der Waals surface area contributed by atoms with Crippen molar-refractivity contribution in [1.82, 2.24) is 0 Å². The van der Waals surface area contributed by atoms with E-state index >= 15 is 0 Å². The summed E-state index contributed by atoms with van der Waals surface area (Å²) >= 11 is 5.65. The van der Waals surface area contributed by atoms with Crippen LogP contribution in [0, 0.1) is 58.1 Å². The maximum absolute atomic E-state index is 12.2. The van der Waals surface area contributed by atoms with Crippen molar-refractivity contribution in [3.05, 3.63) is 0 Å². The lowest BCUT2D eigenvalue weighted by Gasteiger charge is -2.56. The summed E-state index contributed by atoms with van der Waals surface area (Å²) in [5, 5.41) is 2.63. The van der Waals surface area contributed by atoms with E-state index in [-0.39, 0.29) is 0 Å². The van der Waals surface area contributed by atoms with Gasteiger partial charge in [0.2, 0.25) is 0 Å². The van der Waals surface area contributed by atoms with Crippen molar-refractivity contribution < 1.29 is 4.79 Å². The maximum atomic E-state index is 12.2. The molecule has 8 atom stereocenters. The van der Waals surface area contributed by atoms with Gasteiger partial charge in [-0.15, -0.1) is 0 Å². The Kier molecular flexibility index (Phi) is 4.49. The molecule has 0 spiro atoms. The second-order valence-electron chi connectivity index (χ2n) is 9.47. The molecule has 0 amide bonds. The van der Waals surface area contributed by atoms with E-state index in [4.69, 9.17) is 11.6 Å². The topological polar surface area (TPSA) is 17.1 Å². The van der Waals surface area contributed by atoms with Gasteiger partial charge in [-0.25, -0.2) is 0 Å². The molecule has 0 N–H and O–H groups in total. The molecule has 0 heterocycles. The van der Waals surface area contributed by atoms with Crippen LogP contribution < -0.4 is 0 Å². The van der Waals surface area contributed by atoms with E-state index in [0.717, 1.165) is 36.0 Å². The molecule has 4 aliphatic rings. The molecular weight excluding hydrogens is 316 g/mol. The average Bonchev–Trinajstić information content (AvgIpc) is 2.92. The lowest BCUT2D eigenvalue weighted by Crippen LogP contribution is -2.49. The van der Waals surface area contributed by atoms with Gasteiger partial charge in [-0.2, -0.15) is 0 Å². The van der Waals surface area contributed by atoms with Crippen LogP contribution in [-0.2, 0) is 4.79 Å². The highest BCUT2D eigenvalue weighted by atomic mass is 35.5. The van der Waals surface area contributed by atoms with Crippen LogP contribution in [0.1, 0.15) is 71.6 Å². The Balaban J connectivity index is 1.52. The van der Waals surface area contributed by atoms with Crippen LogP contribution in [0.2, 0.25) is 0 Å². The molecule has 4 fully saturated rings. The summed E-state index contributed by atoms with van der Waals surface area (Å²) in [7, 11) is 0. The molecule has 0 aliphatic heterocycles. The molecule has 4 aliphatic carbocycles. The third-order valence-corrected chi connectivity index (χ3v) is 8.81. The monoisotopic (exact) mass is 346 g/mol. The van der Waals surface area contributed by atoms with E-state index in [9.17, 15) is 4.79 Å². The third kappa shape index (κ3) is 2.56. The Morgan fingerprint density at radius 2 is 1.79 bits per heavy atom. The first-order valence-corrected chi connectivity index (χ1v) is 10.5. The zero-order valence-electron chi connectivity index (χ0n) is 15.2. The van der Waals surface area contributed by atoms with Gasteiger partial charge in [0.15, 0.2) is 0 Å². The van der Waals surface area contributed by atoms with Crippen molar-refractivity contribution in [2.24, 2.45) is 46.8 Å². The van der Waals surface area contributed by atoms with Gasteiger partial charge in [-0.3, -0.25) is 4.79 Å². The summed E-state index contributed by atoms with van der Waals surface area (Å²) < 4.78 is 0. The summed E-state index contributed by atoms with van der Waals surface area (Å²) in [6.45, 7) is 4.28. The highest BCUT2D eigenvalue weighted by Crippen LogP contribution is 2.64. The summed E-state index contributed by atoms with van der Waals surface area (Å²) in [6, 6.07) is 0. The molecular formula is C22H31ClO. The van der Waals surface area contributed by atoms with E-state index in [1.807, 2.05) is 6.92 Å². The van der Waals surface area contributed by atoms with Gasteiger partial charge in [0.1, 0.15) is 5.78 Å². The molecule has 0 aromatic heterocycles. The fraction of sp³-hybridized carbons (Fsp3) is 0.864. The maximum Gasteiger partial charge on any atom is 0.133 e. The Bertz CT molecular complexity index is 572. The van der Waals surface area contributed by atoms with Gasteiger partial charge >= 0.3 is 0 Å². The summed E-state index contributed by atoms with van der Waals surface area (Å²) in [5.74, 6) is 9.02. The standard InChI is InChI=1S/C22H31ClO/c1-14(24)20-7-8-21-19-6-4-16-13-15(10-12-23)3-5-17(16)18(19)9-11-22(20,21)2/h15-21H,3-9,11,13H2,1-2H3. The number of hydrogen-bond acceptors (Lipinski definition) is 1. The van der Waals surface area contributed by atoms with E-state index in [2.05, 4.69) is 18.2 Å². The van der Waals surface area contributed by atoms with E-state index in [1.165, 1.54) is 51.4 Å². The van der Waals surface area contributed by atoms with Crippen molar-refractivity contribution in [3.63, 3.8) is 0 Å². The number of ketones is 1. The third-order valence-electron chi connectivity index (χ3n) is 8.70. The highest BCUT2D eigenvalue weighted by molar-refractivity contribution is 6.30. The molecule has 0 aromatic rings. The van der Waals surface area contributed by atoms with Crippen LogP contribution in [0.15, 0.2) is 0 Å². The zero-order chi connectivity index (χ0) is 16.9. The van der Waals surface area contributed by atoms with Crippen LogP contribution in [0.4, 0.5) is 0 Å². The predicted molar refractivity (Wildman–Crippen MR) is 98.4 cm³/mol. The summed E-state index contributed by atoms with van der Waals surface area (Å²) in [4.78, 5) is 12.2. The van der Waals surface area contributed by atoms with Gasteiger partial charge in [-0.05, 0) is 111 Å². The first kappa shape index (κ1) is 17.0. The molecule has 4 rings (SSSR count). The molecule has 0 aromatic carbocycles. The molecule has 132 valence electrons. The number of rotatable bonds is 1. The van der Waals surface area contributed by atoms with Crippen molar-refractivity contribution in [2.75, 3.05) is 0 Å². The number of carbonyl (C=O) groups is 1. The fourth-order valence-electron chi connectivity index (χ4n) is 7.73. The molecule has 8 unspecified atom stereocenters. The second-order valence-corrected chi connectivity index (χ2v) is 9.66. The zero-order valence-corrected chi connectivity index (χ0v) is 15.9. The van der Waals surface area contributed by atoms with Crippen LogP contribution in [0.25, 0.3) is 0 Å². The number of fused-ring (bicyclic) bond motifs is 5. The average molecular weight is 347 g/mol. The van der Waals surface area contributed by atoms with Crippen LogP contribution in [0.3, 0.4) is 0 Å². The Hall–Kier alpha value is -0.480. The van der Waals surface area contributed by atoms with Crippen molar-refractivity contribution >= 4 is 17.4 Å². The SMILES string of the molecule is CC(=O)C1CCC2C3CCC4CC(C#CCl)CCC4C3CCC12C. The van der Waals surface area contributed by atoms with Crippen molar-refractivity contribution in [2.45, 2.75) is 71.6 Å². The van der Waals surface area contributed by atoms with E-state index < -0.39 is 0 Å². The number of carbonyl (C=O) groups excluding carboxylic acids is 1. The smallest absolute Gasteiger partial charge is 0.133 e. The van der Waals surface area contributed by atoms with Crippen molar-refractivity contribution in [3.8, 4) is 11.3 Å². The lowest BCUT2D eigenvalue weighted by molar-refractivity contribution is -0.128. The Morgan fingerprint density at radius 3 is 2.54 bits per heavy atom. The Labute approximate surface area is 152 Å². The highest BCUT2D eigenvalue weighted by Gasteiger charge is 2.57. The minimum atomic E-state index is 0.307. The van der Waals surface area contributed by atoms with Gasteiger partial charge in [0, 0.05) is 17.2 Å². The molecule has 24 heavy (non-hydrogen) atoms. The van der Waals surface area contributed by atoms with Crippen molar-refractivity contribution in [1.29, 1.82) is 0 Å². The molecule has 0 bridgehead atoms. The largest absolute Gasteiger partial charge is 0.300 e. The number of hydrogen-bond donors (Lipinski definition) is 0. The Morgan fingerprint density at radius 1 is 1.00 bits per heavy atom. The summed E-state index contributed by atoms with van der Waals surface area (Å²) in [6.07, 6.45) is 11.8. The second kappa shape index (κ2) is 6.35. The molecule has 0 radical (unpaired) electrons. The fourth-order valence-corrected chi connectivity index (χ4v) is 7.88. The number of Topliss-reactive ketones (excluding diaryl/α,β-unsaturated/α-hetero) is 1.